The van der Waals surface area contributed by atoms with Crippen LogP contribution in [-0.4, -0.2) is 28.5 Å². The molecule has 0 spiro atoms. The molecule has 0 amide bonds. The van der Waals surface area contributed by atoms with Crippen molar-refractivity contribution < 1.29 is 19.4 Å². The third kappa shape index (κ3) is 2.45. The average molecular weight is 367 g/mol. The summed E-state index contributed by atoms with van der Waals surface area (Å²) >= 11 is 1.57. The Kier molecular flexibility index (Phi) is 3.92. The van der Waals surface area contributed by atoms with E-state index in [9.17, 15) is 14.7 Å². The fourth-order valence-electron chi connectivity index (χ4n) is 3.59. The summed E-state index contributed by atoms with van der Waals surface area (Å²) in [7, 11) is 1.55. The molecule has 0 unspecified atom stereocenters. The molecule has 0 saturated carbocycles. The van der Waals surface area contributed by atoms with E-state index in [-0.39, 0.29) is 11.5 Å². The van der Waals surface area contributed by atoms with Gasteiger partial charge in [-0.1, -0.05) is 6.07 Å². The van der Waals surface area contributed by atoms with Crippen molar-refractivity contribution >= 4 is 23.1 Å². The van der Waals surface area contributed by atoms with Crippen molar-refractivity contribution in [2.24, 2.45) is 0 Å². The van der Waals surface area contributed by atoms with E-state index in [0.717, 1.165) is 27.3 Å². The lowest BCUT2D eigenvalue weighted by atomic mass is 9.92. The minimum Gasteiger partial charge on any atom is -0.496 e. The van der Waals surface area contributed by atoms with Crippen molar-refractivity contribution in [3.8, 4) is 27.4 Å². The minimum atomic E-state index is -0.946. The molecule has 0 aliphatic carbocycles. The molecule has 0 saturated heterocycles. The maximum absolute atomic E-state index is 12.1. The zero-order valence-corrected chi connectivity index (χ0v) is 15.2. The number of ether oxygens (including phenoxy) is 1. The number of ketones is 1. The van der Waals surface area contributed by atoms with Crippen LogP contribution in [0.3, 0.4) is 0 Å². The van der Waals surface area contributed by atoms with Crippen molar-refractivity contribution in [3.63, 3.8) is 0 Å². The van der Waals surface area contributed by atoms with Gasteiger partial charge in [-0.3, -0.25) is 4.79 Å². The summed E-state index contributed by atoms with van der Waals surface area (Å²) in [4.78, 5) is 24.8. The quantitative estimate of drug-likeness (QED) is 0.696. The van der Waals surface area contributed by atoms with Crippen molar-refractivity contribution in [1.29, 1.82) is 0 Å². The summed E-state index contributed by atoms with van der Waals surface area (Å²) in [6, 6.07) is 9.40. The smallest absolute Gasteiger partial charge is 0.352 e. The Bertz CT molecular complexity index is 1030. The van der Waals surface area contributed by atoms with Gasteiger partial charge < -0.3 is 14.4 Å². The second kappa shape index (κ2) is 6.14. The molecular weight excluding hydrogens is 350 g/mol. The SMILES string of the molecule is COc1cc2c(cc1C(C)=O)-c1c(-c3cccs3)cc(C(=O)O)n1CC2. The second-order valence-corrected chi connectivity index (χ2v) is 7.19. The van der Waals surface area contributed by atoms with Gasteiger partial charge >= 0.3 is 5.97 Å². The van der Waals surface area contributed by atoms with Gasteiger partial charge in [0.25, 0.3) is 0 Å². The zero-order chi connectivity index (χ0) is 18.4. The third-order valence-electron chi connectivity index (χ3n) is 4.77. The Morgan fingerprint density at radius 2 is 2.04 bits per heavy atom. The van der Waals surface area contributed by atoms with Crippen LogP contribution in [-0.2, 0) is 13.0 Å². The molecule has 1 aromatic carbocycles. The topological polar surface area (TPSA) is 68.5 Å². The number of hydrogen-bond donors (Lipinski definition) is 1. The van der Waals surface area contributed by atoms with Crippen LogP contribution in [0.4, 0.5) is 0 Å². The molecule has 0 radical (unpaired) electrons. The highest BCUT2D eigenvalue weighted by atomic mass is 32.1. The molecule has 6 heteroatoms. The molecule has 0 bridgehead atoms. The molecule has 3 heterocycles. The number of hydrogen-bond acceptors (Lipinski definition) is 4. The predicted molar refractivity (Wildman–Crippen MR) is 100 cm³/mol. The van der Waals surface area contributed by atoms with Crippen LogP contribution in [0.15, 0.2) is 35.7 Å². The summed E-state index contributed by atoms with van der Waals surface area (Å²) in [6.45, 7) is 2.09. The van der Waals surface area contributed by atoms with E-state index >= 15 is 0 Å². The first-order valence-electron chi connectivity index (χ1n) is 8.24. The molecule has 1 N–H and O–H groups in total. The molecule has 5 nitrogen and oxygen atoms in total. The summed E-state index contributed by atoms with van der Waals surface area (Å²) < 4.78 is 7.23. The van der Waals surface area contributed by atoms with Crippen LogP contribution in [0.5, 0.6) is 5.75 Å². The first-order chi connectivity index (χ1) is 12.5. The number of carbonyl (C=O) groups is 2. The number of aryl methyl sites for hydroxylation is 1. The lowest BCUT2D eigenvalue weighted by molar-refractivity contribution is 0.0685. The molecule has 26 heavy (non-hydrogen) atoms. The zero-order valence-electron chi connectivity index (χ0n) is 14.4. The first-order valence-corrected chi connectivity index (χ1v) is 9.12. The largest absolute Gasteiger partial charge is 0.496 e. The average Bonchev–Trinajstić information content (AvgIpc) is 3.27. The van der Waals surface area contributed by atoms with Crippen LogP contribution in [0, 0.1) is 0 Å². The maximum atomic E-state index is 12.1. The predicted octanol–water partition coefficient (Wildman–Crippen LogP) is 4.35. The van der Waals surface area contributed by atoms with E-state index < -0.39 is 5.97 Å². The molecule has 0 atom stereocenters. The van der Waals surface area contributed by atoms with Crippen molar-refractivity contribution in [2.75, 3.05) is 7.11 Å². The number of methoxy groups -OCH3 is 1. The van der Waals surface area contributed by atoms with E-state index in [2.05, 4.69) is 0 Å². The van der Waals surface area contributed by atoms with Gasteiger partial charge in [-0.2, -0.15) is 0 Å². The molecular formula is C20H17NO4S. The fourth-order valence-corrected chi connectivity index (χ4v) is 4.34. The van der Waals surface area contributed by atoms with Crippen molar-refractivity contribution in [3.05, 3.63) is 52.5 Å². The molecule has 4 rings (SSSR count). The Morgan fingerprint density at radius 3 is 2.65 bits per heavy atom. The highest BCUT2D eigenvalue weighted by Gasteiger charge is 2.28. The third-order valence-corrected chi connectivity index (χ3v) is 5.67. The summed E-state index contributed by atoms with van der Waals surface area (Å²) in [5.74, 6) is -0.463. The van der Waals surface area contributed by atoms with Gasteiger partial charge in [-0.15, -0.1) is 11.3 Å². The van der Waals surface area contributed by atoms with Crippen LogP contribution in [0.25, 0.3) is 21.7 Å². The number of Topliss-reactive ketones (excluding diaryl/α,β-unsaturated/α-hetero) is 1. The monoisotopic (exact) mass is 367 g/mol. The molecule has 1 aliphatic rings. The van der Waals surface area contributed by atoms with Crippen molar-refractivity contribution in [2.45, 2.75) is 19.9 Å². The Labute approximate surface area is 154 Å². The number of benzene rings is 1. The van der Waals surface area contributed by atoms with Gasteiger partial charge in [-0.05, 0) is 48.6 Å². The lowest BCUT2D eigenvalue weighted by Gasteiger charge is -2.23. The minimum absolute atomic E-state index is 0.0792. The number of rotatable bonds is 4. The number of carbonyl (C=O) groups excluding carboxylic acids is 1. The fraction of sp³-hybridized carbons (Fsp3) is 0.200. The van der Waals surface area contributed by atoms with Gasteiger partial charge in [-0.25, -0.2) is 4.79 Å². The number of thiophene rings is 1. The van der Waals surface area contributed by atoms with Crippen LogP contribution in [0.1, 0.15) is 33.3 Å². The van der Waals surface area contributed by atoms with Gasteiger partial charge in [0, 0.05) is 22.5 Å². The summed E-state index contributed by atoms with van der Waals surface area (Å²) in [5, 5.41) is 11.6. The number of aromatic carboxylic acids is 1. The molecule has 2 aromatic heterocycles. The van der Waals surface area contributed by atoms with E-state index in [1.54, 1.807) is 24.5 Å². The number of fused-ring (bicyclic) bond motifs is 3. The Balaban J connectivity index is 2.04. The number of carboxylic acid groups (broad SMARTS) is 1. The van der Waals surface area contributed by atoms with Crippen LogP contribution < -0.4 is 4.74 Å². The Morgan fingerprint density at radius 1 is 1.23 bits per heavy atom. The van der Waals surface area contributed by atoms with Gasteiger partial charge in [0.2, 0.25) is 0 Å². The van der Waals surface area contributed by atoms with E-state index in [1.165, 1.54) is 6.92 Å². The van der Waals surface area contributed by atoms with Gasteiger partial charge in [0.05, 0.1) is 18.4 Å². The van der Waals surface area contributed by atoms with Crippen LogP contribution >= 0.6 is 11.3 Å². The Hall–Kier alpha value is -2.86. The number of carboxylic acids is 1. The van der Waals surface area contributed by atoms with Crippen molar-refractivity contribution in [1.82, 2.24) is 4.57 Å². The lowest BCUT2D eigenvalue weighted by Crippen LogP contribution is -2.16. The molecule has 3 aromatic rings. The normalized spacial score (nSPS) is 12.4. The first kappa shape index (κ1) is 16.6. The highest BCUT2D eigenvalue weighted by molar-refractivity contribution is 7.13. The van der Waals surface area contributed by atoms with Gasteiger partial charge in [0.15, 0.2) is 5.78 Å². The molecule has 1 aliphatic heterocycles. The van der Waals surface area contributed by atoms with E-state index in [4.69, 9.17) is 4.74 Å². The maximum Gasteiger partial charge on any atom is 0.352 e. The standard InChI is InChI=1S/C20H17NO4S/c1-11(22)13-9-14-12(8-17(13)25-2)5-6-21-16(20(23)24)10-15(19(14)21)18-4-3-7-26-18/h3-4,7-10H,5-6H2,1-2H3,(H,23,24). The summed E-state index contributed by atoms with van der Waals surface area (Å²) in [5.41, 5.74) is 4.49. The second-order valence-electron chi connectivity index (χ2n) is 6.24. The number of aromatic nitrogens is 1. The highest BCUT2D eigenvalue weighted by Crippen LogP contribution is 2.43. The van der Waals surface area contributed by atoms with Gasteiger partial charge in [0.1, 0.15) is 11.4 Å². The molecule has 132 valence electrons. The van der Waals surface area contributed by atoms with E-state index in [1.807, 2.05) is 34.2 Å². The summed E-state index contributed by atoms with van der Waals surface area (Å²) in [6.07, 6.45) is 0.690. The number of nitrogens with zero attached hydrogens (tertiary/aromatic N) is 1. The van der Waals surface area contributed by atoms with E-state index in [0.29, 0.717) is 24.3 Å². The van der Waals surface area contributed by atoms with Crippen LogP contribution in [0.2, 0.25) is 0 Å². The molecule has 0 fully saturated rings.